The summed E-state index contributed by atoms with van der Waals surface area (Å²) in [5.74, 6) is 0. The van der Waals surface area contributed by atoms with Gasteiger partial charge in [-0.05, 0) is 51.9 Å². The number of benzene rings is 3. The van der Waals surface area contributed by atoms with Gasteiger partial charge in [0, 0.05) is 4.47 Å². The molecule has 104 valence electrons. The van der Waals surface area contributed by atoms with E-state index in [4.69, 9.17) is 7.85 Å². The number of hydrogen-bond acceptors (Lipinski definition) is 0. The van der Waals surface area contributed by atoms with Crippen LogP contribution in [0.2, 0.25) is 0 Å². The van der Waals surface area contributed by atoms with Crippen molar-refractivity contribution in [2.45, 2.75) is 12.8 Å². The van der Waals surface area contributed by atoms with E-state index in [-0.39, 0.29) is 0 Å². The van der Waals surface area contributed by atoms with E-state index in [1.807, 2.05) is 6.07 Å². The Kier molecular flexibility index (Phi) is 3.42. The molecule has 0 aromatic heterocycles. The largest absolute Gasteiger partial charge is 0.113 e. The third kappa shape index (κ3) is 2.32. The van der Waals surface area contributed by atoms with Crippen molar-refractivity contribution in [1.82, 2.24) is 0 Å². The first kappa shape index (κ1) is 13.8. The molecule has 0 amide bonds. The second-order valence-corrected chi connectivity index (χ2v) is 6.68. The molecule has 0 fully saturated rings. The number of rotatable bonds is 1. The second-order valence-electron chi connectivity index (χ2n) is 5.76. The number of allylic oxidation sites excluding steroid dienone is 2. The molecule has 0 saturated carbocycles. The fraction of sp³-hybridized carbons (Fsp3) is 0.100. The van der Waals surface area contributed by atoms with Gasteiger partial charge in [-0.1, -0.05) is 76.0 Å². The van der Waals surface area contributed by atoms with Crippen LogP contribution in [0, 0.1) is 0 Å². The van der Waals surface area contributed by atoms with Crippen LogP contribution in [0.4, 0.5) is 0 Å². The predicted octanol–water partition coefficient (Wildman–Crippen LogP) is 4.72. The van der Waals surface area contributed by atoms with Crippen LogP contribution in [0.15, 0.2) is 65.2 Å². The molecule has 4 rings (SSSR count). The molecule has 0 N–H and O–H groups in total. The van der Waals surface area contributed by atoms with Gasteiger partial charge in [0.2, 0.25) is 0 Å². The second kappa shape index (κ2) is 5.44. The monoisotopic (exact) mass is 344 g/mol. The Bertz CT molecular complexity index is 889. The molecule has 0 atom stereocenters. The van der Waals surface area contributed by atoms with Gasteiger partial charge in [0.1, 0.15) is 7.85 Å². The van der Waals surface area contributed by atoms with Crippen molar-refractivity contribution in [3.63, 3.8) is 0 Å². The van der Waals surface area contributed by atoms with Crippen LogP contribution >= 0.6 is 15.9 Å². The Morgan fingerprint density at radius 3 is 2.59 bits per heavy atom. The van der Waals surface area contributed by atoms with Crippen LogP contribution in [0.5, 0.6) is 0 Å². The fourth-order valence-electron chi connectivity index (χ4n) is 3.36. The SMILES string of the molecule is [B]c1cc(Br)cc(-c2c3c(cc4ccccc24)CC=CC3)c1. The van der Waals surface area contributed by atoms with Crippen LogP contribution in [0.1, 0.15) is 11.1 Å². The number of hydrogen-bond donors (Lipinski definition) is 0. The summed E-state index contributed by atoms with van der Waals surface area (Å²) < 4.78 is 1.02. The van der Waals surface area contributed by atoms with E-state index in [1.54, 1.807) is 0 Å². The van der Waals surface area contributed by atoms with Crippen molar-refractivity contribution in [2.24, 2.45) is 0 Å². The Hall–Kier alpha value is -1.80. The van der Waals surface area contributed by atoms with Gasteiger partial charge in [-0.25, -0.2) is 0 Å². The highest BCUT2D eigenvalue weighted by atomic mass is 79.9. The zero-order valence-corrected chi connectivity index (χ0v) is 13.7. The van der Waals surface area contributed by atoms with Crippen LogP contribution < -0.4 is 5.46 Å². The van der Waals surface area contributed by atoms with Gasteiger partial charge < -0.3 is 0 Å². The van der Waals surface area contributed by atoms with Crippen molar-refractivity contribution < 1.29 is 0 Å². The van der Waals surface area contributed by atoms with Gasteiger partial charge in [-0.15, -0.1) is 0 Å². The first-order valence-electron chi connectivity index (χ1n) is 7.47. The number of halogens is 1. The molecular formula is C20H14BBr. The maximum absolute atomic E-state index is 6.07. The Morgan fingerprint density at radius 1 is 0.909 bits per heavy atom. The molecule has 3 aromatic carbocycles. The lowest BCUT2D eigenvalue weighted by molar-refractivity contribution is 1.10. The van der Waals surface area contributed by atoms with E-state index in [1.165, 1.54) is 33.0 Å². The van der Waals surface area contributed by atoms with Crippen LogP contribution in [-0.2, 0) is 12.8 Å². The molecule has 1 aliphatic carbocycles. The zero-order chi connectivity index (χ0) is 15.1. The summed E-state index contributed by atoms with van der Waals surface area (Å²) in [6, 6.07) is 17.1. The van der Waals surface area contributed by atoms with E-state index < -0.39 is 0 Å². The molecule has 0 saturated heterocycles. The van der Waals surface area contributed by atoms with Gasteiger partial charge in [-0.3, -0.25) is 0 Å². The minimum atomic E-state index is 0.789. The van der Waals surface area contributed by atoms with E-state index in [0.29, 0.717) is 0 Å². The van der Waals surface area contributed by atoms with E-state index in [2.05, 4.69) is 70.5 Å². The summed E-state index contributed by atoms with van der Waals surface area (Å²) in [5, 5.41) is 2.60. The minimum absolute atomic E-state index is 0.789. The standard InChI is InChI=1S/C20H14BBr/c21-16-10-15(11-17(22)12-16)20-18-7-3-1-5-13(18)9-14-6-2-4-8-19(14)20/h1-5,7,9-12H,6,8H2. The van der Waals surface area contributed by atoms with Crippen LogP contribution in [0.25, 0.3) is 21.9 Å². The van der Waals surface area contributed by atoms with Crippen molar-refractivity contribution >= 4 is 40.0 Å². The zero-order valence-electron chi connectivity index (χ0n) is 12.1. The molecular weight excluding hydrogens is 331 g/mol. The summed E-state index contributed by atoms with van der Waals surface area (Å²) >= 11 is 3.58. The predicted molar refractivity (Wildman–Crippen MR) is 99.0 cm³/mol. The molecule has 0 spiro atoms. The summed E-state index contributed by atoms with van der Waals surface area (Å²) in [6.07, 6.45) is 6.52. The molecule has 0 nitrogen and oxygen atoms in total. The van der Waals surface area contributed by atoms with Crippen molar-refractivity contribution in [2.75, 3.05) is 0 Å². The molecule has 2 heteroatoms. The summed E-state index contributed by atoms with van der Waals surface area (Å²) in [5.41, 5.74) is 6.16. The van der Waals surface area contributed by atoms with Crippen molar-refractivity contribution in [3.8, 4) is 11.1 Å². The molecule has 0 bridgehead atoms. The Morgan fingerprint density at radius 2 is 1.73 bits per heavy atom. The maximum Gasteiger partial charge on any atom is 0.113 e. The molecule has 3 aromatic rings. The van der Waals surface area contributed by atoms with E-state index in [9.17, 15) is 0 Å². The number of fused-ring (bicyclic) bond motifs is 2. The van der Waals surface area contributed by atoms with E-state index in [0.717, 1.165) is 22.8 Å². The summed E-state index contributed by atoms with van der Waals surface area (Å²) in [7, 11) is 6.07. The van der Waals surface area contributed by atoms with Crippen molar-refractivity contribution in [3.05, 3.63) is 76.3 Å². The third-order valence-corrected chi connectivity index (χ3v) is 4.74. The Balaban J connectivity index is 2.11. The van der Waals surface area contributed by atoms with Gasteiger partial charge >= 0.3 is 0 Å². The normalized spacial score (nSPS) is 13.3. The third-order valence-electron chi connectivity index (χ3n) is 4.28. The van der Waals surface area contributed by atoms with Gasteiger partial charge in [0.15, 0.2) is 0 Å². The average molecular weight is 345 g/mol. The fourth-order valence-corrected chi connectivity index (χ4v) is 3.87. The lowest BCUT2D eigenvalue weighted by Crippen LogP contribution is -2.05. The van der Waals surface area contributed by atoms with Gasteiger partial charge in [0.25, 0.3) is 0 Å². The van der Waals surface area contributed by atoms with Gasteiger partial charge in [-0.2, -0.15) is 0 Å². The highest BCUT2D eigenvalue weighted by Crippen LogP contribution is 2.37. The Labute approximate surface area is 140 Å². The molecule has 0 aliphatic heterocycles. The molecule has 1 aliphatic rings. The topological polar surface area (TPSA) is 0 Å². The minimum Gasteiger partial charge on any atom is -0.0950 e. The summed E-state index contributed by atoms with van der Waals surface area (Å²) in [6.45, 7) is 0. The lowest BCUT2D eigenvalue weighted by Gasteiger charge is -2.20. The van der Waals surface area contributed by atoms with E-state index >= 15 is 0 Å². The van der Waals surface area contributed by atoms with Crippen molar-refractivity contribution in [1.29, 1.82) is 0 Å². The highest BCUT2D eigenvalue weighted by molar-refractivity contribution is 9.10. The molecule has 0 unspecified atom stereocenters. The molecule has 0 heterocycles. The average Bonchev–Trinajstić information content (AvgIpc) is 2.51. The highest BCUT2D eigenvalue weighted by Gasteiger charge is 2.16. The lowest BCUT2D eigenvalue weighted by atomic mass is 9.83. The van der Waals surface area contributed by atoms with Crippen LogP contribution in [-0.4, -0.2) is 7.85 Å². The van der Waals surface area contributed by atoms with Gasteiger partial charge in [0.05, 0.1) is 0 Å². The molecule has 2 radical (unpaired) electrons. The first-order chi connectivity index (χ1) is 10.7. The summed E-state index contributed by atoms with van der Waals surface area (Å²) in [4.78, 5) is 0. The maximum atomic E-state index is 6.07. The quantitative estimate of drug-likeness (QED) is 0.442. The first-order valence-corrected chi connectivity index (χ1v) is 8.26. The molecule has 22 heavy (non-hydrogen) atoms. The smallest absolute Gasteiger partial charge is 0.0950 e. The van der Waals surface area contributed by atoms with Crippen LogP contribution in [0.3, 0.4) is 0 Å².